The fourth-order valence-electron chi connectivity index (χ4n) is 2.25. The van der Waals surface area contributed by atoms with Crippen LogP contribution in [0.1, 0.15) is 20.9 Å². The number of benzene rings is 1. The first kappa shape index (κ1) is 14.5. The number of rotatable bonds is 4. The number of hydrogen-bond acceptors (Lipinski definition) is 3. The van der Waals surface area contributed by atoms with E-state index in [1.54, 1.807) is 22.3 Å². The molecule has 1 aromatic carbocycles. The van der Waals surface area contributed by atoms with E-state index in [-0.39, 0.29) is 5.91 Å². The molecule has 0 radical (unpaired) electrons. The lowest BCUT2D eigenvalue weighted by atomic mass is 10.1. The predicted octanol–water partition coefficient (Wildman–Crippen LogP) is 3.72. The molecule has 0 fully saturated rings. The molecule has 3 aromatic rings. The van der Waals surface area contributed by atoms with Crippen molar-refractivity contribution in [1.82, 2.24) is 15.1 Å². The van der Waals surface area contributed by atoms with Crippen molar-refractivity contribution in [2.24, 2.45) is 0 Å². The number of nitrogens with zero attached hydrogens (tertiary/aromatic N) is 2. The summed E-state index contributed by atoms with van der Waals surface area (Å²) in [5, 5.41) is 9.12. The summed E-state index contributed by atoms with van der Waals surface area (Å²) in [6.45, 7) is 2.68. The summed E-state index contributed by atoms with van der Waals surface area (Å²) >= 11 is 1.67. The zero-order valence-electron chi connectivity index (χ0n) is 12.5. The van der Waals surface area contributed by atoms with Crippen molar-refractivity contribution < 1.29 is 4.79 Å². The van der Waals surface area contributed by atoms with Gasteiger partial charge in [0.05, 0.1) is 12.2 Å². The van der Waals surface area contributed by atoms with Crippen LogP contribution in [0.25, 0.3) is 11.3 Å². The van der Waals surface area contributed by atoms with Crippen LogP contribution in [0.3, 0.4) is 0 Å². The highest BCUT2D eigenvalue weighted by molar-refractivity contribution is 7.10. The molecule has 0 aliphatic carbocycles. The van der Waals surface area contributed by atoms with Gasteiger partial charge < -0.3 is 4.90 Å². The molecule has 5 heteroatoms. The van der Waals surface area contributed by atoms with E-state index in [0.717, 1.165) is 11.3 Å². The van der Waals surface area contributed by atoms with Crippen LogP contribution in [0.4, 0.5) is 0 Å². The number of nitrogens with one attached hydrogen (secondary N) is 1. The lowest BCUT2D eigenvalue weighted by Crippen LogP contribution is -2.26. The Morgan fingerprint density at radius 3 is 2.73 bits per heavy atom. The average molecular weight is 311 g/mol. The number of carbonyl (C=O) groups is 1. The van der Waals surface area contributed by atoms with E-state index in [0.29, 0.717) is 12.2 Å². The summed E-state index contributed by atoms with van der Waals surface area (Å²) in [7, 11) is 1.81. The van der Waals surface area contributed by atoms with Crippen LogP contribution in [0.15, 0.2) is 47.8 Å². The molecule has 0 spiro atoms. The summed E-state index contributed by atoms with van der Waals surface area (Å²) in [6.07, 6.45) is 0. The van der Waals surface area contributed by atoms with Gasteiger partial charge in [-0.05, 0) is 30.0 Å². The highest BCUT2D eigenvalue weighted by Gasteiger charge is 2.16. The quantitative estimate of drug-likeness (QED) is 0.798. The fraction of sp³-hybridized carbons (Fsp3) is 0.176. The highest BCUT2D eigenvalue weighted by Crippen LogP contribution is 2.20. The van der Waals surface area contributed by atoms with Crippen molar-refractivity contribution in [3.05, 3.63) is 64.0 Å². The minimum atomic E-state index is -0.0533. The molecule has 4 nitrogen and oxygen atoms in total. The topological polar surface area (TPSA) is 49.0 Å². The van der Waals surface area contributed by atoms with Gasteiger partial charge in [-0.1, -0.05) is 30.3 Å². The monoisotopic (exact) mass is 311 g/mol. The van der Waals surface area contributed by atoms with Crippen molar-refractivity contribution in [3.63, 3.8) is 0 Å². The molecule has 0 bridgehead atoms. The van der Waals surface area contributed by atoms with Crippen LogP contribution in [0.2, 0.25) is 0 Å². The van der Waals surface area contributed by atoms with Crippen molar-refractivity contribution in [1.29, 1.82) is 0 Å². The summed E-state index contributed by atoms with van der Waals surface area (Å²) < 4.78 is 0. The Balaban J connectivity index is 1.75. The Bertz CT molecular complexity index is 776. The van der Waals surface area contributed by atoms with Crippen LogP contribution in [-0.4, -0.2) is 28.1 Å². The zero-order chi connectivity index (χ0) is 15.5. The molecule has 0 saturated carbocycles. The van der Waals surface area contributed by atoms with Gasteiger partial charge in [-0.25, -0.2) is 0 Å². The Kier molecular flexibility index (Phi) is 4.06. The van der Waals surface area contributed by atoms with Gasteiger partial charge in [0.1, 0.15) is 5.69 Å². The second-order valence-corrected chi connectivity index (χ2v) is 6.22. The van der Waals surface area contributed by atoms with Gasteiger partial charge in [0.25, 0.3) is 5.91 Å². The number of amides is 1. The number of aromatic amines is 1. The maximum Gasteiger partial charge on any atom is 0.271 e. The number of thiophene rings is 1. The van der Waals surface area contributed by atoms with Gasteiger partial charge in [-0.2, -0.15) is 5.10 Å². The normalized spacial score (nSPS) is 10.6. The van der Waals surface area contributed by atoms with E-state index < -0.39 is 0 Å². The number of H-pyrrole nitrogens is 1. The lowest BCUT2D eigenvalue weighted by Gasteiger charge is -2.15. The Morgan fingerprint density at radius 2 is 2.05 bits per heavy atom. The van der Waals surface area contributed by atoms with Crippen molar-refractivity contribution >= 4 is 17.2 Å². The van der Waals surface area contributed by atoms with Crippen molar-refractivity contribution in [3.8, 4) is 11.3 Å². The smallest absolute Gasteiger partial charge is 0.271 e. The molecule has 3 rings (SSSR count). The molecular formula is C17H17N3OS. The van der Waals surface area contributed by atoms with Crippen molar-refractivity contribution in [2.45, 2.75) is 13.5 Å². The summed E-state index contributed by atoms with van der Waals surface area (Å²) in [5.41, 5.74) is 3.51. The van der Waals surface area contributed by atoms with Crippen LogP contribution in [0, 0.1) is 6.92 Å². The van der Waals surface area contributed by atoms with Crippen LogP contribution in [-0.2, 0) is 6.54 Å². The number of hydrogen-bond donors (Lipinski definition) is 1. The van der Waals surface area contributed by atoms with E-state index in [4.69, 9.17) is 0 Å². The van der Waals surface area contributed by atoms with Gasteiger partial charge in [0.2, 0.25) is 0 Å². The first-order valence-corrected chi connectivity index (χ1v) is 7.92. The van der Waals surface area contributed by atoms with Crippen LogP contribution >= 0.6 is 11.3 Å². The SMILES string of the molecule is Cc1ccsc1CN(C)C(=O)c1cc(-c2ccccc2)n[nH]1. The number of carbonyl (C=O) groups excluding carboxylic acids is 1. The molecule has 1 amide bonds. The van der Waals surface area contributed by atoms with E-state index in [1.165, 1.54) is 10.4 Å². The molecule has 0 saturated heterocycles. The van der Waals surface area contributed by atoms with Gasteiger partial charge in [-0.15, -0.1) is 11.3 Å². The van der Waals surface area contributed by atoms with Crippen LogP contribution < -0.4 is 0 Å². The Labute approximate surface area is 133 Å². The van der Waals surface area contributed by atoms with Gasteiger partial charge in [0, 0.05) is 17.5 Å². The second-order valence-electron chi connectivity index (χ2n) is 5.22. The standard InChI is InChI=1S/C17H17N3OS/c1-12-8-9-22-16(12)11-20(2)17(21)15-10-14(18-19-15)13-6-4-3-5-7-13/h3-10H,11H2,1-2H3,(H,18,19). The molecule has 22 heavy (non-hydrogen) atoms. The van der Waals surface area contributed by atoms with E-state index in [2.05, 4.69) is 23.2 Å². The number of aryl methyl sites for hydroxylation is 1. The first-order valence-electron chi connectivity index (χ1n) is 7.04. The van der Waals surface area contributed by atoms with Gasteiger partial charge >= 0.3 is 0 Å². The minimum Gasteiger partial charge on any atom is -0.335 e. The molecule has 2 aromatic heterocycles. The largest absolute Gasteiger partial charge is 0.335 e. The Morgan fingerprint density at radius 1 is 1.27 bits per heavy atom. The lowest BCUT2D eigenvalue weighted by molar-refractivity contribution is 0.0780. The molecule has 0 unspecified atom stereocenters. The average Bonchev–Trinajstić information content (AvgIpc) is 3.17. The van der Waals surface area contributed by atoms with E-state index in [1.807, 2.05) is 42.8 Å². The maximum absolute atomic E-state index is 12.5. The highest BCUT2D eigenvalue weighted by atomic mass is 32.1. The number of aromatic nitrogens is 2. The fourth-order valence-corrected chi connectivity index (χ4v) is 3.21. The van der Waals surface area contributed by atoms with Gasteiger partial charge in [-0.3, -0.25) is 9.89 Å². The third-order valence-electron chi connectivity index (χ3n) is 3.57. The summed E-state index contributed by atoms with van der Waals surface area (Å²) in [5.74, 6) is -0.0533. The van der Waals surface area contributed by atoms with Gasteiger partial charge in [0.15, 0.2) is 0 Å². The third-order valence-corrected chi connectivity index (χ3v) is 4.58. The summed E-state index contributed by atoms with van der Waals surface area (Å²) in [4.78, 5) is 15.4. The Hall–Kier alpha value is -2.40. The summed E-state index contributed by atoms with van der Waals surface area (Å²) in [6, 6.07) is 13.7. The molecular weight excluding hydrogens is 294 g/mol. The molecule has 2 heterocycles. The molecule has 0 aliphatic heterocycles. The van der Waals surface area contributed by atoms with E-state index >= 15 is 0 Å². The third kappa shape index (κ3) is 2.94. The van der Waals surface area contributed by atoms with E-state index in [9.17, 15) is 4.79 Å². The second kappa shape index (κ2) is 6.15. The van der Waals surface area contributed by atoms with Crippen molar-refractivity contribution in [2.75, 3.05) is 7.05 Å². The van der Waals surface area contributed by atoms with Crippen LogP contribution in [0.5, 0.6) is 0 Å². The molecule has 0 atom stereocenters. The zero-order valence-corrected chi connectivity index (χ0v) is 13.4. The predicted molar refractivity (Wildman–Crippen MR) is 88.9 cm³/mol. The minimum absolute atomic E-state index is 0.0533. The molecule has 112 valence electrons. The molecule has 0 aliphatic rings. The maximum atomic E-state index is 12.5. The first-order chi connectivity index (χ1) is 10.6. The molecule has 1 N–H and O–H groups in total.